The number of amides is 1. The van der Waals surface area contributed by atoms with Gasteiger partial charge in [0.15, 0.2) is 0 Å². The lowest BCUT2D eigenvalue weighted by molar-refractivity contribution is -0.135. The van der Waals surface area contributed by atoms with Crippen LogP contribution in [0.4, 0.5) is 11.6 Å². The number of hydrogen-bond donors (Lipinski definition) is 1. The summed E-state index contributed by atoms with van der Waals surface area (Å²) in [4.78, 5) is 25.5. The highest BCUT2D eigenvalue weighted by Crippen LogP contribution is 2.28. The molecule has 3 aliphatic rings. The number of hydrogen-bond acceptors (Lipinski definition) is 6. The number of morpholine rings is 1. The molecule has 4 rings (SSSR count). The number of ether oxygens (including phenoxy) is 1. The third kappa shape index (κ3) is 4.63. The molecule has 3 heterocycles. The second-order valence-corrected chi connectivity index (χ2v) is 7.67. The number of aromatic nitrogens is 2. The fourth-order valence-corrected chi connectivity index (χ4v) is 3.84. The van der Waals surface area contributed by atoms with Crippen LogP contribution in [-0.2, 0) is 9.53 Å². The Kier molecular flexibility index (Phi) is 5.53. The number of piperidine rings is 1. The first kappa shape index (κ1) is 17.5. The van der Waals surface area contributed by atoms with Gasteiger partial charge in [-0.2, -0.15) is 0 Å². The Morgan fingerprint density at radius 2 is 2.04 bits per heavy atom. The molecule has 1 unspecified atom stereocenters. The van der Waals surface area contributed by atoms with Crippen molar-refractivity contribution >= 4 is 17.5 Å². The summed E-state index contributed by atoms with van der Waals surface area (Å²) in [7, 11) is 0. The molecular weight excluding hydrogens is 330 g/mol. The lowest BCUT2D eigenvalue weighted by atomic mass is 9.93. The van der Waals surface area contributed by atoms with Gasteiger partial charge in [-0.05, 0) is 38.0 Å². The highest BCUT2D eigenvalue weighted by atomic mass is 16.5. The van der Waals surface area contributed by atoms with Crippen LogP contribution in [0.15, 0.2) is 12.4 Å². The minimum absolute atomic E-state index is 0.281. The van der Waals surface area contributed by atoms with E-state index in [9.17, 15) is 4.79 Å². The van der Waals surface area contributed by atoms with Crippen LogP contribution >= 0.6 is 0 Å². The van der Waals surface area contributed by atoms with Crippen LogP contribution in [0.3, 0.4) is 0 Å². The van der Waals surface area contributed by atoms with Gasteiger partial charge in [0.25, 0.3) is 0 Å². The number of nitrogens with one attached hydrogen (secondary N) is 1. The summed E-state index contributed by atoms with van der Waals surface area (Å²) in [6, 6.07) is 2.66. The minimum atomic E-state index is 0.281. The zero-order valence-corrected chi connectivity index (χ0v) is 15.4. The Hall–Kier alpha value is -1.89. The van der Waals surface area contributed by atoms with E-state index in [4.69, 9.17) is 4.74 Å². The largest absolute Gasteiger partial charge is 0.378 e. The van der Waals surface area contributed by atoms with E-state index in [1.165, 1.54) is 19.3 Å². The van der Waals surface area contributed by atoms with Crippen molar-refractivity contribution in [1.82, 2.24) is 14.9 Å². The van der Waals surface area contributed by atoms with E-state index < -0.39 is 0 Å². The van der Waals surface area contributed by atoms with E-state index in [-0.39, 0.29) is 5.91 Å². The molecule has 1 saturated carbocycles. The molecule has 7 nitrogen and oxygen atoms in total. The van der Waals surface area contributed by atoms with E-state index >= 15 is 0 Å². The zero-order chi connectivity index (χ0) is 17.8. The van der Waals surface area contributed by atoms with E-state index in [0.29, 0.717) is 31.6 Å². The van der Waals surface area contributed by atoms with Crippen LogP contribution in [0, 0.1) is 5.92 Å². The normalized spacial score (nSPS) is 23.8. The first-order valence-electron chi connectivity index (χ1n) is 9.97. The maximum atomic E-state index is 12.4. The summed E-state index contributed by atoms with van der Waals surface area (Å²) in [5, 5.41) is 3.44. The molecule has 3 fully saturated rings. The van der Waals surface area contributed by atoms with Crippen molar-refractivity contribution < 1.29 is 9.53 Å². The Balaban J connectivity index is 1.28. The van der Waals surface area contributed by atoms with Gasteiger partial charge in [0.2, 0.25) is 5.91 Å². The van der Waals surface area contributed by atoms with Crippen molar-refractivity contribution in [2.75, 3.05) is 49.6 Å². The van der Waals surface area contributed by atoms with Gasteiger partial charge in [-0.15, -0.1) is 0 Å². The summed E-state index contributed by atoms with van der Waals surface area (Å²) >= 11 is 0. The molecule has 0 spiro atoms. The van der Waals surface area contributed by atoms with Crippen LogP contribution in [0.2, 0.25) is 0 Å². The second-order valence-electron chi connectivity index (χ2n) is 7.67. The first-order chi connectivity index (χ1) is 12.8. The molecule has 1 amide bonds. The van der Waals surface area contributed by atoms with Gasteiger partial charge in [-0.3, -0.25) is 4.79 Å². The minimum Gasteiger partial charge on any atom is -0.378 e. The van der Waals surface area contributed by atoms with Gasteiger partial charge in [-0.1, -0.05) is 0 Å². The molecule has 2 saturated heterocycles. The number of nitrogens with zero attached hydrogens (tertiary/aromatic N) is 4. The Morgan fingerprint density at radius 1 is 1.19 bits per heavy atom. The third-order valence-corrected chi connectivity index (χ3v) is 5.56. The average Bonchev–Trinajstić information content (AvgIpc) is 3.51. The van der Waals surface area contributed by atoms with E-state index in [1.807, 2.05) is 4.90 Å². The number of rotatable bonds is 6. The molecule has 0 bridgehead atoms. The maximum absolute atomic E-state index is 12.4. The van der Waals surface area contributed by atoms with Gasteiger partial charge in [0.1, 0.15) is 18.0 Å². The Labute approximate surface area is 155 Å². The molecule has 26 heavy (non-hydrogen) atoms. The first-order valence-corrected chi connectivity index (χ1v) is 9.97. The van der Waals surface area contributed by atoms with Crippen LogP contribution < -0.4 is 10.2 Å². The predicted molar refractivity (Wildman–Crippen MR) is 100 cm³/mol. The van der Waals surface area contributed by atoms with Gasteiger partial charge < -0.3 is 19.9 Å². The third-order valence-electron chi connectivity index (χ3n) is 5.56. The summed E-state index contributed by atoms with van der Waals surface area (Å²) in [6.45, 7) is 4.85. The van der Waals surface area contributed by atoms with Gasteiger partial charge in [0.05, 0.1) is 13.2 Å². The lowest BCUT2D eigenvalue weighted by Crippen LogP contribution is -2.41. The van der Waals surface area contributed by atoms with Crippen molar-refractivity contribution in [2.24, 2.45) is 5.92 Å². The molecule has 1 N–H and O–H groups in total. The Bertz CT molecular complexity index is 616. The molecule has 1 atom stereocenters. The average molecular weight is 359 g/mol. The standard InChI is InChI=1S/C19H29N5O2/c25-19(23-8-10-26-11-9-23)6-3-15-2-1-7-24(13-15)18-12-17(20-14-21-18)22-16-4-5-16/h12,14-16H,1-11,13H2,(H,20,21,22). The van der Waals surface area contributed by atoms with Crippen molar-refractivity contribution in [3.05, 3.63) is 12.4 Å². The van der Waals surface area contributed by atoms with Gasteiger partial charge in [0, 0.05) is 44.7 Å². The highest BCUT2D eigenvalue weighted by molar-refractivity contribution is 5.76. The quantitative estimate of drug-likeness (QED) is 0.837. The number of anilines is 2. The topological polar surface area (TPSA) is 70.6 Å². The molecule has 7 heteroatoms. The van der Waals surface area contributed by atoms with Crippen molar-refractivity contribution in [1.29, 1.82) is 0 Å². The summed E-state index contributed by atoms with van der Waals surface area (Å²) < 4.78 is 5.33. The molecule has 2 aliphatic heterocycles. The summed E-state index contributed by atoms with van der Waals surface area (Å²) in [5.41, 5.74) is 0. The van der Waals surface area contributed by atoms with Crippen LogP contribution in [0.1, 0.15) is 38.5 Å². The van der Waals surface area contributed by atoms with Crippen LogP contribution in [0.5, 0.6) is 0 Å². The van der Waals surface area contributed by atoms with Gasteiger partial charge >= 0.3 is 0 Å². The summed E-state index contributed by atoms with van der Waals surface area (Å²) in [5.74, 6) is 2.78. The summed E-state index contributed by atoms with van der Waals surface area (Å²) in [6.07, 6.45) is 8.11. The van der Waals surface area contributed by atoms with Crippen molar-refractivity contribution in [2.45, 2.75) is 44.6 Å². The molecule has 1 aliphatic carbocycles. The van der Waals surface area contributed by atoms with E-state index in [0.717, 1.165) is 50.7 Å². The molecule has 1 aromatic rings. The van der Waals surface area contributed by atoms with E-state index in [2.05, 4.69) is 26.3 Å². The monoisotopic (exact) mass is 359 g/mol. The Morgan fingerprint density at radius 3 is 2.85 bits per heavy atom. The predicted octanol–water partition coefficient (Wildman–Crippen LogP) is 1.91. The number of carbonyl (C=O) groups is 1. The van der Waals surface area contributed by atoms with Crippen LogP contribution in [0.25, 0.3) is 0 Å². The fourth-order valence-electron chi connectivity index (χ4n) is 3.84. The smallest absolute Gasteiger partial charge is 0.222 e. The zero-order valence-electron chi connectivity index (χ0n) is 15.4. The maximum Gasteiger partial charge on any atom is 0.222 e. The molecule has 142 valence electrons. The second kappa shape index (κ2) is 8.20. The molecule has 1 aromatic heterocycles. The van der Waals surface area contributed by atoms with Crippen molar-refractivity contribution in [3.8, 4) is 0 Å². The molecule has 0 radical (unpaired) electrons. The number of carbonyl (C=O) groups excluding carboxylic acids is 1. The van der Waals surface area contributed by atoms with Crippen molar-refractivity contribution in [3.63, 3.8) is 0 Å². The molecule has 0 aromatic carbocycles. The van der Waals surface area contributed by atoms with Gasteiger partial charge in [-0.25, -0.2) is 9.97 Å². The lowest BCUT2D eigenvalue weighted by Gasteiger charge is -2.34. The fraction of sp³-hybridized carbons (Fsp3) is 0.737. The molecular formula is C19H29N5O2. The highest BCUT2D eigenvalue weighted by Gasteiger charge is 2.25. The van der Waals surface area contributed by atoms with Crippen LogP contribution in [-0.4, -0.2) is 66.2 Å². The SMILES string of the molecule is O=C(CCC1CCCN(c2cc(NC3CC3)ncn2)C1)N1CCOCC1. The van der Waals surface area contributed by atoms with E-state index in [1.54, 1.807) is 6.33 Å².